The van der Waals surface area contributed by atoms with Crippen LogP contribution in [-0.4, -0.2) is 57.2 Å². The number of pyridine rings is 1. The summed E-state index contributed by atoms with van der Waals surface area (Å²) in [6, 6.07) is 9.89. The summed E-state index contributed by atoms with van der Waals surface area (Å²) in [5.74, 6) is 0.857. The quantitative estimate of drug-likeness (QED) is 0.693. The van der Waals surface area contributed by atoms with Crippen molar-refractivity contribution in [3.63, 3.8) is 0 Å². The molecule has 0 radical (unpaired) electrons. The van der Waals surface area contributed by atoms with Gasteiger partial charge in [0.05, 0.1) is 5.69 Å². The van der Waals surface area contributed by atoms with Crippen LogP contribution >= 0.6 is 11.3 Å². The first kappa shape index (κ1) is 17.5. The molecule has 8 heteroatoms. The van der Waals surface area contributed by atoms with E-state index in [1.54, 1.807) is 12.4 Å². The molecule has 1 saturated heterocycles. The van der Waals surface area contributed by atoms with Crippen LogP contribution in [0.3, 0.4) is 0 Å². The van der Waals surface area contributed by atoms with E-state index < -0.39 is 0 Å². The maximum Gasteiger partial charge on any atom is 0.273 e. The van der Waals surface area contributed by atoms with Crippen molar-refractivity contribution in [2.24, 2.45) is 0 Å². The number of anilines is 1. The highest BCUT2D eigenvalue weighted by molar-refractivity contribution is 7.13. The summed E-state index contributed by atoms with van der Waals surface area (Å²) >= 11 is 1.45. The van der Waals surface area contributed by atoms with Crippen LogP contribution in [0.25, 0.3) is 10.7 Å². The van der Waals surface area contributed by atoms with E-state index in [1.165, 1.54) is 11.3 Å². The summed E-state index contributed by atoms with van der Waals surface area (Å²) in [5, 5.41) is 10.7. The van der Waals surface area contributed by atoms with Gasteiger partial charge >= 0.3 is 0 Å². The Balaban J connectivity index is 1.38. The highest BCUT2D eigenvalue weighted by Crippen LogP contribution is 2.24. The molecule has 1 aliphatic rings. The van der Waals surface area contributed by atoms with E-state index in [4.69, 9.17) is 0 Å². The van der Waals surface area contributed by atoms with Crippen molar-refractivity contribution >= 4 is 23.1 Å². The van der Waals surface area contributed by atoms with Crippen LogP contribution in [0.2, 0.25) is 0 Å². The number of carbonyl (C=O) groups excluding carboxylic acids is 1. The largest absolute Gasteiger partial charge is 0.355 e. The van der Waals surface area contributed by atoms with Crippen LogP contribution in [0.4, 0.5) is 5.82 Å². The van der Waals surface area contributed by atoms with Crippen LogP contribution in [0.15, 0.2) is 48.1 Å². The van der Waals surface area contributed by atoms with Gasteiger partial charge in [-0.1, -0.05) is 6.07 Å². The van der Waals surface area contributed by atoms with Crippen LogP contribution in [0.1, 0.15) is 23.3 Å². The smallest absolute Gasteiger partial charge is 0.273 e. The molecule has 0 unspecified atom stereocenters. The minimum atomic E-state index is -0.00552. The molecule has 1 fully saturated rings. The molecule has 27 heavy (non-hydrogen) atoms. The molecule has 3 aromatic rings. The molecule has 1 amide bonds. The van der Waals surface area contributed by atoms with Gasteiger partial charge in [0, 0.05) is 44.0 Å². The van der Waals surface area contributed by atoms with Crippen LogP contribution in [0.5, 0.6) is 0 Å². The molecular weight excluding hydrogens is 360 g/mol. The zero-order chi connectivity index (χ0) is 18.6. The van der Waals surface area contributed by atoms with E-state index in [2.05, 4.69) is 25.1 Å². The highest BCUT2D eigenvalue weighted by atomic mass is 32.1. The predicted molar refractivity (Wildman–Crippen MR) is 105 cm³/mol. The number of nitrogens with zero attached hydrogens (tertiary/aromatic N) is 6. The molecule has 0 aromatic carbocycles. The molecule has 4 heterocycles. The zero-order valence-electron chi connectivity index (χ0n) is 15.0. The molecule has 0 saturated carbocycles. The van der Waals surface area contributed by atoms with Gasteiger partial charge in [-0.25, -0.2) is 4.98 Å². The number of hydrogen-bond acceptors (Lipinski definition) is 7. The van der Waals surface area contributed by atoms with Gasteiger partial charge < -0.3 is 9.80 Å². The maximum absolute atomic E-state index is 12.8. The minimum absolute atomic E-state index is 0.00552. The Labute approximate surface area is 161 Å². The van der Waals surface area contributed by atoms with E-state index in [0.29, 0.717) is 24.8 Å². The standard InChI is InChI=1S/C19H20N6OS/c1-24(17-6-4-10-21-23-17)14-7-11-25(12-8-14)19(26)16-13-27-18(22-16)15-5-2-3-9-20-15/h2-6,9-10,13-14H,7-8,11-12H2,1H3. The third-order valence-electron chi connectivity index (χ3n) is 4.83. The van der Waals surface area contributed by atoms with E-state index >= 15 is 0 Å². The Morgan fingerprint density at radius 1 is 1.19 bits per heavy atom. The van der Waals surface area contributed by atoms with Crippen molar-refractivity contribution in [2.75, 3.05) is 25.0 Å². The van der Waals surface area contributed by atoms with Gasteiger partial charge in [-0.3, -0.25) is 9.78 Å². The maximum atomic E-state index is 12.8. The third-order valence-corrected chi connectivity index (χ3v) is 5.69. The van der Waals surface area contributed by atoms with Crippen molar-refractivity contribution in [3.05, 3.63) is 53.8 Å². The zero-order valence-corrected chi connectivity index (χ0v) is 15.8. The number of thiazole rings is 1. The van der Waals surface area contributed by atoms with Crippen molar-refractivity contribution in [3.8, 4) is 10.7 Å². The first-order chi connectivity index (χ1) is 13.2. The third kappa shape index (κ3) is 3.80. The molecule has 3 aromatic heterocycles. The Hall–Kier alpha value is -2.87. The lowest BCUT2D eigenvalue weighted by Crippen LogP contribution is -2.46. The lowest BCUT2D eigenvalue weighted by atomic mass is 10.0. The van der Waals surface area contributed by atoms with Gasteiger partial charge in [-0.15, -0.1) is 16.4 Å². The number of carbonyl (C=O) groups is 1. The molecule has 4 rings (SSSR count). The number of likely N-dealkylation sites (tertiary alicyclic amines) is 1. The molecule has 0 N–H and O–H groups in total. The molecule has 1 aliphatic heterocycles. The van der Waals surface area contributed by atoms with Gasteiger partial charge in [0.2, 0.25) is 0 Å². The van der Waals surface area contributed by atoms with Gasteiger partial charge in [0.15, 0.2) is 5.82 Å². The van der Waals surface area contributed by atoms with Gasteiger partial charge in [0.1, 0.15) is 10.7 Å². The van der Waals surface area contributed by atoms with Crippen LogP contribution in [0, 0.1) is 0 Å². The van der Waals surface area contributed by atoms with E-state index in [-0.39, 0.29) is 5.91 Å². The lowest BCUT2D eigenvalue weighted by molar-refractivity contribution is 0.0708. The van der Waals surface area contributed by atoms with Crippen molar-refractivity contribution in [1.29, 1.82) is 0 Å². The van der Waals surface area contributed by atoms with E-state index in [1.807, 2.05) is 47.7 Å². The minimum Gasteiger partial charge on any atom is -0.355 e. The Bertz CT molecular complexity index is 893. The topological polar surface area (TPSA) is 75.1 Å². The van der Waals surface area contributed by atoms with Gasteiger partial charge in [-0.05, 0) is 37.1 Å². The Morgan fingerprint density at radius 3 is 2.74 bits per heavy atom. The predicted octanol–water partition coefficient (Wildman–Crippen LogP) is 2.74. The van der Waals surface area contributed by atoms with Crippen molar-refractivity contribution in [1.82, 2.24) is 25.1 Å². The second-order valence-electron chi connectivity index (χ2n) is 6.47. The normalized spacial score (nSPS) is 14.9. The van der Waals surface area contributed by atoms with E-state index in [0.717, 1.165) is 29.4 Å². The fourth-order valence-corrected chi connectivity index (χ4v) is 4.04. The Kier molecular flexibility index (Phi) is 5.06. The van der Waals surface area contributed by atoms with Crippen LogP contribution in [-0.2, 0) is 0 Å². The molecular formula is C19H20N6OS. The molecule has 0 aliphatic carbocycles. The molecule has 0 atom stereocenters. The molecule has 0 bridgehead atoms. The first-order valence-corrected chi connectivity index (χ1v) is 9.77. The SMILES string of the molecule is CN(c1cccnn1)C1CCN(C(=O)c2csc(-c3ccccn3)n2)CC1. The number of amides is 1. The highest BCUT2D eigenvalue weighted by Gasteiger charge is 2.27. The van der Waals surface area contributed by atoms with Crippen molar-refractivity contribution < 1.29 is 4.79 Å². The summed E-state index contributed by atoms with van der Waals surface area (Å²) in [6.45, 7) is 1.43. The molecule has 7 nitrogen and oxygen atoms in total. The average molecular weight is 380 g/mol. The van der Waals surface area contributed by atoms with E-state index in [9.17, 15) is 4.79 Å². The van der Waals surface area contributed by atoms with Crippen LogP contribution < -0.4 is 4.90 Å². The fraction of sp³-hybridized carbons (Fsp3) is 0.316. The fourth-order valence-electron chi connectivity index (χ4n) is 3.27. The second kappa shape index (κ2) is 7.79. The molecule has 138 valence electrons. The van der Waals surface area contributed by atoms with Crippen molar-refractivity contribution in [2.45, 2.75) is 18.9 Å². The summed E-state index contributed by atoms with van der Waals surface area (Å²) in [6.07, 6.45) is 5.20. The Morgan fingerprint density at radius 2 is 2.04 bits per heavy atom. The van der Waals surface area contributed by atoms with Gasteiger partial charge in [-0.2, -0.15) is 5.10 Å². The number of aromatic nitrogens is 4. The summed E-state index contributed by atoms with van der Waals surface area (Å²) in [7, 11) is 2.03. The number of rotatable bonds is 4. The molecule has 0 spiro atoms. The second-order valence-corrected chi connectivity index (χ2v) is 7.33. The summed E-state index contributed by atoms with van der Waals surface area (Å²) in [5.41, 5.74) is 1.30. The average Bonchev–Trinajstić information content (AvgIpc) is 3.24. The number of hydrogen-bond donors (Lipinski definition) is 0. The lowest BCUT2D eigenvalue weighted by Gasteiger charge is -2.36. The number of piperidine rings is 1. The first-order valence-electron chi connectivity index (χ1n) is 8.89. The summed E-state index contributed by atoms with van der Waals surface area (Å²) in [4.78, 5) is 25.6. The monoisotopic (exact) mass is 380 g/mol. The van der Waals surface area contributed by atoms with Gasteiger partial charge in [0.25, 0.3) is 5.91 Å². The summed E-state index contributed by atoms with van der Waals surface area (Å²) < 4.78 is 0.